The Morgan fingerprint density at radius 1 is 0.875 bits per heavy atom. The molecule has 132 valence electrons. The minimum atomic E-state index is -1.17. The van der Waals surface area contributed by atoms with Gasteiger partial charge in [0.2, 0.25) is 23.1 Å². The molecule has 0 amide bonds. The van der Waals surface area contributed by atoms with Crippen molar-refractivity contribution in [1.82, 2.24) is 0 Å². The first-order valence-electron chi connectivity index (χ1n) is 7.87. The van der Waals surface area contributed by atoms with E-state index >= 15 is 0 Å². The van der Waals surface area contributed by atoms with Crippen molar-refractivity contribution < 1.29 is 33.3 Å². The number of carbonyl (C=O) groups excluding carboxylic acids is 3. The molecular formula is C17H22O7. The average Bonchev–Trinajstić information content (AvgIpc) is 2.87. The van der Waals surface area contributed by atoms with E-state index < -0.39 is 28.9 Å². The van der Waals surface area contributed by atoms with Gasteiger partial charge in [0.1, 0.15) is 11.5 Å². The van der Waals surface area contributed by atoms with E-state index in [9.17, 15) is 14.4 Å². The maximum absolute atomic E-state index is 12.3. The molecule has 2 rings (SSSR count). The highest BCUT2D eigenvalue weighted by atomic mass is 16.7. The molecule has 7 nitrogen and oxygen atoms in total. The number of ketones is 2. The lowest BCUT2D eigenvalue weighted by molar-refractivity contribution is -0.131. The SMILES string of the molecule is CCC1(C)OC(C)=C(OC(=O)OC2=C(C)OC(C)(CC)C2=O)C1=O. The van der Waals surface area contributed by atoms with Crippen LogP contribution in [0.2, 0.25) is 0 Å². The fourth-order valence-corrected chi connectivity index (χ4v) is 2.55. The van der Waals surface area contributed by atoms with Crippen LogP contribution < -0.4 is 0 Å². The molecule has 2 aliphatic rings. The fraction of sp³-hybridized carbons (Fsp3) is 0.588. The van der Waals surface area contributed by atoms with Crippen molar-refractivity contribution in [3.05, 3.63) is 23.0 Å². The summed E-state index contributed by atoms with van der Waals surface area (Å²) in [6, 6.07) is 0. The summed E-state index contributed by atoms with van der Waals surface area (Å²) in [5.74, 6) is -0.853. The lowest BCUT2D eigenvalue weighted by Gasteiger charge is -2.20. The molecule has 0 aliphatic carbocycles. The quantitative estimate of drug-likeness (QED) is 0.728. The van der Waals surface area contributed by atoms with Gasteiger partial charge in [-0.3, -0.25) is 9.59 Å². The topological polar surface area (TPSA) is 88.1 Å². The minimum Gasteiger partial charge on any atom is -0.480 e. The lowest BCUT2D eigenvalue weighted by Crippen LogP contribution is -2.34. The number of Topliss-reactive ketones (excluding diaryl/α,β-unsaturated/α-hetero) is 2. The monoisotopic (exact) mass is 338 g/mol. The second-order valence-corrected chi connectivity index (χ2v) is 6.26. The zero-order chi connectivity index (χ0) is 18.3. The molecule has 0 aromatic heterocycles. The summed E-state index contributed by atoms with van der Waals surface area (Å²) in [6.07, 6.45) is -0.319. The van der Waals surface area contributed by atoms with Gasteiger partial charge in [-0.15, -0.1) is 0 Å². The number of carbonyl (C=O) groups is 3. The zero-order valence-corrected chi connectivity index (χ0v) is 14.8. The molecule has 0 spiro atoms. The average molecular weight is 338 g/mol. The number of allylic oxidation sites excluding steroid dienone is 2. The molecule has 0 aromatic carbocycles. The smallest absolute Gasteiger partial charge is 0.480 e. The van der Waals surface area contributed by atoms with Crippen molar-refractivity contribution >= 4 is 17.7 Å². The summed E-state index contributed by atoms with van der Waals surface area (Å²) in [5, 5.41) is 0. The van der Waals surface area contributed by atoms with Crippen molar-refractivity contribution in [2.75, 3.05) is 0 Å². The normalized spacial score (nSPS) is 29.8. The lowest BCUT2D eigenvalue weighted by atomic mass is 9.98. The molecular weight excluding hydrogens is 316 g/mol. The third kappa shape index (κ3) is 2.79. The van der Waals surface area contributed by atoms with Crippen LogP contribution in [0.5, 0.6) is 0 Å². The fourth-order valence-electron chi connectivity index (χ4n) is 2.55. The van der Waals surface area contributed by atoms with Crippen LogP contribution in [0.25, 0.3) is 0 Å². The molecule has 0 radical (unpaired) electrons. The van der Waals surface area contributed by atoms with E-state index in [-0.39, 0.29) is 23.0 Å². The maximum Gasteiger partial charge on any atom is 0.519 e. The standard InChI is InChI=1S/C17H22O7/c1-7-16(5)13(18)11(9(3)23-16)21-15(20)22-12-10(4)24-17(6,8-2)14(12)19/h7-8H2,1-6H3. The molecule has 2 atom stereocenters. The van der Waals surface area contributed by atoms with Crippen LogP contribution in [0.4, 0.5) is 4.79 Å². The van der Waals surface area contributed by atoms with Crippen LogP contribution in [0.1, 0.15) is 54.4 Å². The van der Waals surface area contributed by atoms with E-state index in [4.69, 9.17) is 18.9 Å². The number of ether oxygens (including phenoxy) is 4. The molecule has 0 fully saturated rings. The first-order chi connectivity index (χ1) is 11.1. The zero-order valence-electron chi connectivity index (χ0n) is 14.8. The second-order valence-electron chi connectivity index (χ2n) is 6.26. The van der Waals surface area contributed by atoms with Crippen LogP contribution in [0, 0.1) is 0 Å². The van der Waals surface area contributed by atoms with E-state index in [1.54, 1.807) is 27.7 Å². The first kappa shape index (κ1) is 18.0. The summed E-state index contributed by atoms with van der Waals surface area (Å²) in [4.78, 5) is 36.6. The molecule has 0 saturated carbocycles. The van der Waals surface area contributed by atoms with Gasteiger partial charge in [-0.05, 0) is 40.5 Å². The van der Waals surface area contributed by atoms with E-state index in [1.807, 2.05) is 0 Å². The molecule has 2 aliphatic heterocycles. The van der Waals surface area contributed by atoms with Gasteiger partial charge >= 0.3 is 6.16 Å². The Bertz CT molecular complexity index is 616. The molecule has 2 unspecified atom stereocenters. The van der Waals surface area contributed by atoms with Gasteiger partial charge in [0.15, 0.2) is 11.2 Å². The molecule has 0 bridgehead atoms. The summed E-state index contributed by atoms with van der Waals surface area (Å²) < 4.78 is 21.0. The van der Waals surface area contributed by atoms with Gasteiger partial charge in [0, 0.05) is 0 Å². The van der Waals surface area contributed by atoms with Crippen LogP contribution in [0.3, 0.4) is 0 Å². The van der Waals surface area contributed by atoms with Crippen LogP contribution in [-0.4, -0.2) is 28.9 Å². The van der Waals surface area contributed by atoms with Gasteiger partial charge < -0.3 is 18.9 Å². The number of hydrogen-bond acceptors (Lipinski definition) is 7. The Kier molecular flexibility index (Phi) is 4.48. The first-order valence-corrected chi connectivity index (χ1v) is 7.87. The predicted octanol–water partition coefficient (Wildman–Crippen LogP) is 3.14. The molecule has 2 heterocycles. The summed E-state index contributed by atoms with van der Waals surface area (Å²) in [6.45, 7) is 9.89. The van der Waals surface area contributed by atoms with Crippen molar-refractivity contribution in [2.24, 2.45) is 0 Å². The molecule has 24 heavy (non-hydrogen) atoms. The third-order valence-corrected chi connectivity index (χ3v) is 4.49. The van der Waals surface area contributed by atoms with E-state index in [0.29, 0.717) is 12.8 Å². The summed E-state index contributed by atoms with van der Waals surface area (Å²) in [5.41, 5.74) is -2.11. The van der Waals surface area contributed by atoms with Crippen molar-refractivity contribution in [1.29, 1.82) is 0 Å². The van der Waals surface area contributed by atoms with Gasteiger partial charge in [0.25, 0.3) is 0 Å². The number of rotatable bonds is 4. The Hall–Kier alpha value is -2.31. The van der Waals surface area contributed by atoms with Gasteiger partial charge in [-0.1, -0.05) is 13.8 Å². The van der Waals surface area contributed by atoms with Crippen molar-refractivity contribution in [3.63, 3.8) is 0 Å². The highest BCUT2D eigenvalue weighted by Crippen LogP contribution is 2.35. The van der Waals surface area contributed by atoms with E-state index in [0.717, 1.165) is 0 Å². The Morgan fingerprint density at radius 3 is 1.46 bits per heavy atom. The number of hydrogen-bond donors (Lipinski definition) is 0. The largest absolute Gasteiger partial charge is 0.519 e. The molecule has 0 N–H and O–H groups in total. The Labute approximate surface area is 140 Å². The van der Waals surface area contributed by atoms with Crippen LogP contribution in [0.15, 0.2) is 23.0 Å². The second kappa shape index (κ2) is 5.96. The summed E-state index contributed by atoms with van der Waals surface area (Å²) in [7, 11) is 0. The minimum absolute atomic E-state index is 0.202. The summed E-state index contributed by atoms with van der Waals surface area (Å²) >= 11 is 0. The van der Waals surface area contributed by atoms with Gasteiger partial charge in [-0.2, -0.15) is 0 Å². The van der Waals surface area contributed by atoms with E-state index in [2.05, 4.69) is 0 Å². The van der Waals surface area contributed by atoms with E-state index in [1.165, 1.54) is 13.8 Å². The van der Waals surface area contributed by atoms with Gasteiger partial charge in [0.05, 0.1) is 0 Å². The van der Waals surface area contributed by atoms with Gasteiger partial charge in [-0.25, -0.2) is 4.79 Å². The maximum atomic E-state index is 12.3. The third-order valence-electron chi connectivity index (χ3n) is 4.49. The highest BCUT2D eigenvalue weighted by molar-refractivity contribution is 6.05. The Balaban J connectivity index is 2.10. The van der Waals surface area contributed by atoms with Crippen molar-refractivity contribution in [3.8, 4) is 0 Å². The highest BCUT2D eigenvalue weighted by Gasteiger charge is 2.47. The van der Waals surface area contributed by atoms with Crippen LogP contribution in [-0.2, 0) is 28.5 Å². The van der Waals surface area contributed by atoms with Crippen LogP contribution >= 0.6 is 0 Å². The molecule has 0 saturated heterocycles. The van der Waals surface area contributed by atoms with Crippen molar-refractivity contribution in [2.45, 2.75) is 65.6 Å². The molecule has 7 heteroatoms. The predicted molar refractivity (Wildman–Crippen MR) is 82.5 cm³/mol. The Morgan fingerprint density at radius 2 is 1.21 bits per heavy atom. The molecule has 0 aromatic rings.